The highest BCUT2D eigenvalue weighted by Crippen LogP contribution is 2.37. The van der Waals surface area contributed by atoms with Crippen molar-refractivity contribution in [3.8, 4) is 0 Å². The predicted octanol–water partition coefficient (Wildman–Crippen LogP) is 6.47. The molecule has 196 valence electrons. The highest BCUT2D eigenvalue weighted by molar-refractivity contribution is 7.90. The Morgan fingerprint density at radius 1 is 0.919 bits per heavy atom. The number of piperazine rings is 1. The van der Waals surface area contributed by atoms with Crippen LogP contribution in [-0.2, 0) is 10.0 Å². The van der Waals surface area contributed by atoms with Crippen LogP contribution in [-0.4, -0.2) is 44.7 Å². The Bertz CT molecular complexity index is 1350. The Balaban J connectivity index is 1.43. The molecule has 1 heterocycles. The number of anilines is 1. The summed E-state index contributed by atoms with van der Waals surface area (Å²) in [5.41, 5.74) is 2.68. The number of hydrogen-bond donors (Lipinski definition) is 1. The fourth-order valence-electron chi connectivity index (χ4n) is 4.81. The molecule has 10 heteroatoms. The van der Waals surface area contributed by atoms with Gasteiger partial charge >= 0.3 is 0 Å². The highest BCUT2D eigenvalue weighted by Gasteiger charge is 2.38. The van der Waals surface area contributed by atoms with E-state index in [1.807, 2.05) is 36.4 Å². The topological polar surface area (TPSA) is 52.7 Å². The first-order chi connectivity index (χ1) is 17.7. The molecule has 0 bridgehead atoms. The van der Waals surface area contributed by atoms with Crippen molar-refractivity contribution in [3.05, 3.63) is 98.7 Å². The van der Waals surface area contributed by atoms with E-state index in [4.69, 9.17) is 34.8 Å². The normalized spacial score (nSPS) is 19.7. The summed E-state index contributed by atoms with van der Waals surface area (Å²) in [5.74, 6) is -0.358. The van der Waals surface area contributed by atoms with Crippen molar-refractivity contribution in [2.24, 2.45) is 0 Å². The van der Waals surface area contributed by atoms with Crippen LogP contribution in [0.25, 0.3) is 0 Å². The second kappa shape index (κ2) is 11.1. The molecule has 1 aliphatic carbocycles. The minimum absolute atomic E-state index is 0.0569. The molecule has 3 aromatic rings. The number of sulfonamides is 1. The van der Waals surface area contributed by atoms with Gasteiger partial charge in [-0.1, -0.05) is 59.1 Å². The van der Waals surface area contributed by atoms with Crippen molar-refractivity contribution in [2.75, 3.05) is 31.1 Å². The summed E-state index contributed by atoms with van der Waals surface area (Å²) in [6, 6.07) is 18.7. The molecule has 0 radical (unpaired) electrons. The van der Waals surface area contributed by atoms with Crippen LogP contribution >= 0.6 is 34.8 Å². The van der Waals surface area contributed by atoms with Gasteiger partial charge in [-0.15, -0.1) is 0 Å². The van der Waals surface area contributed by atoms with Gasteiger partial charge in [0.1, 0.15) is 5.82 Å². The lowest BCUT2D eigenvalue weighted by Crippen LogP contribution is -2.51. The lowest BCUT2D eigenvalue weighted by molar-refractivity contribution is 0.207. The van der Waals surface area contributed by atoms with Gasteiger partial charge in [-0.3, -0.25) is 4.90 Å². The zero-order valence-corrected chi connectivity index (χ0v) is 23.0. The highest BCUT2D eigenvalue weighted by atomic mass is 35.5. The van der Waals surface area contributed by atoms with E-state index in [9.17, 15) is 12.8 Å². The third-order valence-electron chi connectivity index (χ3n) is 6.92. The van der Waals surface area contributed by atoms with Crippen LogP contribution in [0.5, 0.6) is 0 Å². The van der Waals surface area contributed by atoms with Gasteiger partial charge in [0, 0.05) is 36.2 Å². The van der Waals surface area contributed by atoms with Gasteiger partial charge < -0.3 is 4.90 Å². The zero-order valence-electron chi connectivity index (χ0n) is 20.0. The van der Waals surface area contributed by atoms with E-state index in [1.54, 1.807) is 18.2 Å². The van der Waals surface area contributed by atoms with Crippen molar-refractivity contribution in [1.29, 1.82) is 0 Å². The minimum Gasteiger partial charge on any atom is -0.361 e. The van der Waals surface area contributed by atoms with Gasteiger partial charge in [-0.05, 0) is 66.4 Å². The van der Waals surface area contributed by atoms with Crippen LogP contribution in [0.1, 0.15) is 36.1 Å². The molecule has 5 rings (SSSR count). The van der Waals surface area contributed by atoms with E-state index >= 15 is 0 Å². The smallest absolute Gasteiger partial charge is 0.215 e. The van der Waals surface area contributed by atoms with Gasteiger partial charge in [0.15, 0.2) is 0 Å². The molecule has 1 aliphatic heterocycles. The van der Waals surface area contributed by atoms with Gasteiger partial charge in [0.25, 0.3) is 0 Å². The minimum atomic E-state index is -3.45. The average molecular weight is 583 g/mol. The predicted molar refractivity (Wildman–Crippen MR) is 149 cm³/mol. The van der Waals surface area contributed by atoms with Crippen LogP contribution in [0.4, 0.5) is 10.1 Å². The van der Waals surface area contributed by atoms with Crippen molar-refractivity contribution >= 4 is 50.5 Å². The van der Waals surface area contributed by atoms with Crippen molar-refractivity contribution in [3.63, 3.8) is 0 Å². The van der Waals surface area contributed by atoms with Crippen LogP contribution in [0, 0.1) is 5.82 Å². The summed E-state index contributed by atoms with van der Waals surface area (Å²) >= 11 is 18.9. The molecule has 5 nitrogen and oxygen atoms in total. The third-order valence-corrected chi connectivity index (χ3v) is 9.67. The number of benzene rings is 3. The summed E-state index contributed by atoms with van der Waals surface area (Å²) in [6.45, 7) is 2.43. The van der Waals surface area contributed by atoms with Crippen LogP contribution < -0.4 is 9.62 Å². The van der Waals surface area contributed by atoms with E-state index in [0.717, 1.165) is 16.8 Å². The molecule has 0 aromatic heterocycles. The molecular weight excluding hydrogens is 556 g/mol. The SMILES string of the molecule is O=S(=O)(N[C@@H](CN1CCN(c2ccc(Cl)cc2Cl)[C@H](c2ccc(Cl)cc2)C1)c1ccc(F)cc1)C1CC1. The molecule has 1 saturated heterocycles. The first-order valence-corrected chi connectivity index (χ1v) is 14.8. The molecule has 0 amide bonds. The largest absolute Gasteiger partial charge is 0.361 e. The Morgan fingerprint density at radius 2 is 1.59 bits per heavy atom. The number of rotatable bonds is 8. The number of hydrogen-bond acceptors (Lipinski definition) is 4. The standard InChI is InChI=1S/C27H27Cl3FN3O2S/c28-20-5-1-19(2-6-20)27-17-33(13-14-34(27)26-12-7-21(29)15-24(26)30)16-25(18-3-8-22(31)9-4-18)32-37(35,36)23-10-11-23/h1-9,12,15,23,25,27,32H,10-11,13-14,16-17H2/t25-,27-/m0/s1. The van der Waals surface area contributed by atoms with Gasteiger partial charge in [0.2, 0.25) is 10.0 Å². The van der Waals surface area contributed by atoms with Crippen molar-refractivity contribution in [1.82, 2.24) is 9.62 Å². The van der Waals surface area contributed by atoms with Gasteiger partial charge in [-0.2, -0.15) is 0 Å². The molecule has 3 aromatic carbocycles. The summed E-state index contributed by atoms with van der Waals surface area (Å²) < 4.78 is 42.2. The Kier molecular flexibility index (Phi) is 8.01. The Labute approximate surface area is 232 Å². The molecule has 1 N–H and O–H groups in total. The fraction of sp³-hybridized carbons (Fsp3) is 0.333. The monoisotopic (exact) mass is 581 g/mol. The number of nitrogens with one attached hydrogen (secondary N) is 1. The lowest BCUT2D eigenvalue weighted by Gasteiger charge is -2.44. The lowest BCUT2D eigenvalue weighted by atomic mass is 10.00. The van der Waals surface area contributed by atoms with E-state index in [0.29, 0.717) is 54.1 Å². The zero-order chi connectivity index (χ0) is 26.2. The van der Waals surface area contributed by atoms with E-state index in [2.05, 4.69) is 14.5 Å². The second-order valence-electron chi connectivity index (χ2n) is 9.58. The third kappa shape index (κ3) is 6.41. The van der Waals surface area contributed by atoms with Crippen LogP contribution in [0.15, 0.2) is 66.7 Å². The number of nitrogens with zero attached hydrogens (tertiary/aromatic N) is 2. The van der Waals surface area contributed by atoms with Crippen LogP contribution in [0.2, 0.25) is 15.1 Å². The van der Waals surface area contributed by atoms with E-state index < -0.39 is 16.1 Å². The van der Waals surface area contributed by atoms with E-state index in [1.165, 1.54) is 12.1 Å². The first kappa shape index (κ1) is 26.7. The fourth-order valence-corrected chi connectivity index (χ4v) is 7.01. The quantitative estimate of drug-likeness (QED) is 0.331. The summed E-state index contributed by atoms with van der Waals surface area (Å²) in [4.78, 5) is 4.49. The number of halogens is 4. The molecule has 0 spiro atoms. The average Bonchev–Trinajstić information content (AvgIpc) is 3.71. The van der Waals surface area contributed by atoms with Gasteiger partial charge in [0.05, 0.1) is 28.0 Å². The molecule has 1 saturated carbocycles. The molecule has 2 atom stereocenters. The van der Waals surface area contributed by atoms with E-state index in [-0.39, 0.29) is 17.1 Å². The Morgan fingerprint density at radius 3 is 2.24 bits per heavy atom. The summed E-state index contributed by atoms with van der Waals surface area (Å²) in [6.07, 6.45) is 1.34. The summed E-state index contributed by atoms with van der Waals surface area (Å²) in [5, 5.41) is 1.45. The van der Waals surface area contributed by atoms with Crippen LogP contribution in [0.3, 0.4) is 0 Å². The molecule has 2 aliphatic rings. The van der Waals surface area contributed by atoms with Crippen molar-refractivity contribution in [2.45, 2.75) is 30.2 Å². The molecular formula is C27H27Cl3FN3O2S. The van der Waals surface area contributed by atoms with Gasteiger partial charge in [-0.25, -0.2) is 17.5 Å². The van der Waals surface area contributed by atoms with Crippen molar-refractivity contribution < 1.29 is 12.8 Å². The summed E-state index contributed by atoms with van der Waals surface area (Å²) in [7, 11) is -3.45. The maximum Gasteiger partial charge on any atom is 0.215 e. The molecule has 37 heavy (non-hydrogen) atoms. The maximum atomic E-state index is 13.6. The maximum absolute atomic E-state index is 13.6. The molecule has 2 fully saturated rings. The Hall–Kier alpha value is -1.87. The molecule has 0 unspecified atom stereocenters. The second-order valence-corrected chi connectivity index (χ2v) is 12.9. The first-order valence-electron chi connectivity index (χ1n) is 12.2.